The van der Waals surface area contributed by atoms with E-state index in [1.54, 1.807) is 25.3 Å². The van der Waals surface area contributed by atoms with E-state index in [4.69, 9.17) is 4.74 Å². The van der Waals surface area contributed by atoms with Crippen LogP contribution < -0.4 is 0 Å². The monoisotopic (exact) mass is 280 g/mol. The molecule has 1 aromatic carbocycles. The molecule has 1 heterocycles. The Balaban J connectivity index is 2.02. The summed E-state index contributed by atoms with van der Waals surface area (Å²) < 4.78 is 33.1. The summed E-state index contributed by atoms with van der Waals surface area (Å²) in [4.78, 5) is 0. The van der Waals surface area contributed by atoms with E-state index in [9.17, 15) is 8.78 Å². The second-order valence-corrected chi connectivity index (χ2v) is 5.50. The molecule has 2 rings (SSSR count). The summed E-state index contributed by atoms with van der Waals surface area (Å²) in [6, 6.07) is 3.24. The van der Waals surface area contributed by atoms with Crippen LogP contribution >= 0.6 is 0 Å². The second-order valence-electron chi connectivity index (χ2n) is 5.50. The Kier molecular flexibility index (Phi) is 5.16. The second kappa shape index (κ2) is 6.87. The topological polar surface area (TPSA) is 9.23 Å². The highest BCUT2D eigenvalue weighted by Gasteiger charge is 2.23. The minimum atomic E-state index is -0.766. The van der Waals surface area contributed by atoms with Crippen molar-refractivity contribution in [3.05, 3.63) is 46.7 Å². The van der Waals surface area contributed by atoms with E-state index in [-0.39, 0.29) is 6.10 Å². The van der Waals surface area contributed by atoms with Gasteiger partial charge in [0.1, 0.15) is 6.10 Å². The van der Waals surface area contributed by atoms with Gasteiger partial charge in [0.2, 0.25) is 0 Å². The molecular weight excluding hydrogens is 258 g/mol. The smallest absolute Gasteiger partial charge is 0.165 e. The molecule has 1 aromatic rings. The first-order valence-corrected chi connectivity index (χ1v) is 7.41. The lowest BCUT2D eigenvalue weighted by Gasteiger charge is -2.24. The molecule has 0 fully saturated rings. The molecule has 0 radical (unpaired) electrons. The molecule has 0 saturated carbocycles. The normalized spacial score (nSPS) is 18.6. The van der Waals surface area contributed by atoms with Crippen molar-refractivity contribution < 1.29 is 13.5 Å². The number of ether oxygens (including phenoxy) is 1. The van der Waals surface area contributed by atoms with Crippen LogP contribution in [0.5, 0.6) is 0 Å². The summed E-state index contributed by atoms with van der Waals surface area (Å²) in [5.74, 6) is -1.53. The summed E-state index contributed by atoms with van der Waals surface area (Å²) in [7, 11) is 0. The van der Waals surface area contributed by atoms with Crippen molar-refractivity contribution in [2.75, 3.05) is 0 Å². The van der Waals surface area contributed by atoms with Crippen molar-refractivity contribution in [3.63, 3.8) is 0 Å². The molecule has 0 spiro atoms. The van der Waals surface area contributed by atoms with Crippen molar-refractivity contribution in [1.82, 2.24) is 0 Å². The van der Waals surface area contributed by atoms with Gasteiger partial charge >= 0.3 is 0 Å². The number of hydrogen-bond acceptors (Lipinski definition) is 1. The van der Waals surface area contributed by atoms with Crippen LogP contribution in [0.2, 0.25) is 0 Å². The molecule has 0 saturated heterocycles. The lowest BCUT2D eigenvalue weighted by molar-refractivity contribution is 0.115. The maximum Gasteiger partial charge on any atom is 0.165 e. The van der Waals surface area contributed by atoms with Gasteiger partial charge in [0, 0.05) is 5.56 Å². The van der Waals surface area contributed by atoms with Crippen LogP contribution in [0.25, 0.3) is 0 Å². The zero-order chi connectivity index (χ0) is 14.5. The number of rotatable bonds is 5. The van der Waals surface area contributed by atoms with Crippen LogP contribution in [0.3, 0.4) is 0 Å². The summed E-state index contributed by atoms with van der Waals surface area (Å²) in [5, 5.41) is 0. The van der Waals surface area contributed by atoms with Crippen molar-refractivity contribution in [1.29, 1.82) is 0 Å². The van der Waals surface area contributed by atoms with Crippen LogP contribution in [0.4, 0.5) is 8.78 Å². The lowest BCUT2D eigenvalue weighted by Crippen LogP contribution is -2.10. The fourth-order valence-electron chi connectivity index (χ4n) is 2.55. The molecule has 1 aliphatic rings. The molecule has 0 amide bonds. The molecule has 0 bridgehead atoms. The highest BCUT2D eigenvalue weighted by atomic mass is 19.2. The van der Waals surface area contributed by atoms with E-state index in [2.05, 4.69) is 6.92 Å². The fraction of sp³-hybridized carbons (Fsp3) is 0.529. The Labute approximate surface area is 119 Å². The van der Waals surface area contributed by atoms with E-state index < -0.39 is 11.6 Å². The highest BCUT2D eigenvalue weighted by molar-refractivity contribution is 5.28. The number of hydrogen-bond donors (Lipinski definition) is 0. The number of aryl methyl sites for hydroxylation is 1. The standard InChI is InChI=1S/C17H22F2O/c1-3-4-5-6-13-8-10-15(20-11-13)14-9-7-12(2)16(18)17(14)19/h7,9,11,15H,3-6,8,10H2,1-2H3. The quantitative estimate of drug-likeness (QED) is 0.639. The van der Waals surface area contributed by atoms with E-state index in [0.717, 1.165) is 19.3 Å². The van der Waals surface area contributed by atoms with E-state index >= 15 is 0 Å². The van der Waals surface area contributed by atoms with Crippen LogP contribution in [-0.4, -0.2) is 0 Å². The Hall–Kier alpha value is -1.38. The molecule has 110 valence electrons. The third-order valence-corrected chi connectivity index (χ3v) is 3.88. The van der Waals surface area contributed by atoms with E-state index in [1.165, 1.54) is 24.8 Å². The van der Waals surface area contributed by atoms with Gasteiger partial charge in [0.15, 0.2) is 11.6 Å². The predicted octanol–water partition coefficient (Wildman–Crippen LogP) is 5.59. The number of benzene rings is 1. The van der Waals surface area contributed by atoms with Crippen molar-refractivity contribution >= 4 is 0 Å². The summed E-state index contributed by atoms with van der Waals surface area (Å²) >= 11 is 0. The van der Waals surface area contributed by atoms with Gasteiger partial charge in [-0.1, -0.05) is 31.9 Å². The molecular formula is C17H22F2O. The SMILES string of the molecule is CCCCCC1=COC(c2ccc(C)c(F)c2F)CC1. The maximum absolute atomic E-state index is 13.9. The van der Waals surface area contributed by atoms with Crippen molar-refractivity contribution in [3.8, 4) is 0 Å². The van der Waals surface area contributed by atoms with Gasteiger partial charge in [-0.05, 0) is 43.7 Å². The Bertz CT molecular complexity index is 494. The van der Waals surface area contributed by atoms with Gasteiger partial charge in [0.25, 0.3) is 0 Å². The first kappa shape index (κ1) is 15.0. The van der Waals surface area contributed by atoms with Gasteiger partial charge in [-0.3, -0.25) is 0 Å². The minimum Gasteiger partial charge on any atom is -0.493 e. The Morgan fingerprint density at radius 2 is 2.00 bits per heavy atom. The fourth-order valence-corrected chi connectivity index (χ4v) is 2.55. The zero-order valence-corrected chi connectivity index (χ0v) is 12.2. The summed E-state index contributed by atoms with van der Waals surface area (Å²) in [6.07, 6.45) is 7.65. The minimum absolute atomic E-state index is 0.331. The molecule has 20 heavy (non-hydrogen) atoms. The third kappa shape index (κ3) is 3.38. The van der Waals surface area contributed by atoms with Gasteiger partial charge in [-0.15, -0.1) is 0 Å². The van der Waals surface area contributed by atoms with Gasteiger partial charge in [-0.2, -0.15) is 0 Å². The third-order valence-electron chi connectivity index (χ3n) is 3.88. The maximum atomic E-state index is 13.9. The first-order chi connectivity index (χ1) is 9.63. The van der Waals surface area contributed by atoms with E-state index in [0.29, 0.717) is 11.1 Å². The average molecular weight is 280 g/mol. The predicted molar refractivity (Wildman–Crippen MR) is 76.4 cm³/mol. The first-order valence-electron chi connectivity index (χ1n) is 7.41. The molecule has 1 unspecified atom stereocenters. The van der Waals surface area contributed by atoms with E-state index in [1.807, 2.05) is 0 Å². The van der Waals surface area contributed by atoms with Gasteiger partial charge < -0.3 is 4.74 Å². The highest BCUT2D eigenvalue weighted by Crippen LogP contribution is 2.34. The molecule has 0 aliphatic carbocycles. The summed E-state index contributed by atoms with van der Waals surface area (Å²) in [6.45, 7) is 3.74. The molecule has 0 aromatic heterocycles. The molecule has 0 N–H and O–H groups in total. The number of unbranched alkanes of at least 4 members (excludes halogenated alkanes) is 2. The Morgan fingerprint density at radius 3 is 2.65 bits per heavy atom. The number of allylic oxidation sites excluding steroid dienone is 1. The number of halogens is 2. The zero-order valence-electron chi connectivity index (χ0n) is 12.2. The Morgan fingerprint density at radius 1 is 1.20 bits per heavy atom. The largest absolute Gasteiger partial charge is 0.493 e. The van der Waals surface area contributed by atoms with Crippen LogP contribution in [0, 0.1) is 18.6 Å². The molecule has 1 aliphatic heterocycles. The van der Waals surface area contributed by atoms with Crippen LogP contribution in [0.15, 0.2) is 24.0 Å². The van der Waals surface area contributed by atoms with Gasteiger partial charge in [0.05, 0.1) is 6.26 Å². The molecule has 3 heteroatoms. The van der Waals surface area contributed by atoms with Gasteiger partial charge in [-0.25, -0.2) is 8.78 Å². The average Bonchev–Trinajstić information content (AvgIpc) is 2.46. The van der Waals surface area contributed by atoms with Crippen LogP contribution in [-0.2, 0) is 4.74 Å². The lowest BCUT2D eigenvalue weighted by atomic mass is 9.96. The molecule has 1 nitrogen and oxygen atoms in total. The summed E-state index contributed by atoms with van der Waals surface area (Å²) in [5.41, 5.74) is 1.94. The van der Waals surface area contributed by atoms with Crippen molar-refractivity contribution in [2.45, 2.75) is 58.5 Å². The molecule has 1 atom stereocenters. The van der Waals surface area contributed by atoms with Crippen molar-refractivity contribution in [2.24, 2.45) is 0 Å². The van der Waals surface area contributed by atoms with Crippen LogP contribution in [0.1, 0.15) is 62.7 Å².